The van der Waals surface area contributed by atoms with E-state index in [-0.39, 0.29) is 0 Å². The van der Waals surface area contributed by atoms with Gasteiger partial charge in [-0.2, -0.15) is 0 Å². The van der Waals surface area contributed by atoms with Gasteiger partial charge in [0, 0.05) is 12.8 Å². The molecule has 2 rings (SSSR count). The van der Waals surface area contributed by atoms with Crippen molar-refractivity contribution >= 4 is 41.2 Å². The largest absolute Gasteiger partial charge is 0.320 e. The second kappa shape index (κ2) is 5.78. The summed E-state index contributed by atoms with van der Waals surface area (Å²) in [5, 5.41) is 1.89. The van der Waals surface area contributed by atoms with Gasteiger partial charge < -0.3 is 4.57 Å². The first-order valence-corrected chi connectivity index (χ1v) is 6.89. The molecule has 0 bridgehead atoms. The highest BCUT2D eigenvalue weighted by atomic mass is 35.5. The van der Waals surface area contributed by atoms with Gasteiger partial charge >= 0.3 is 0 Å². The Kier molecular flexibility index (Phi) is 4.32. The Morgan fingerprint density at radius 3 is 2.78 bits per heavy atom. The molecule has 6 heteroatoms. The highest BCUT2D eigenvalue weighted by Gasteiger charge is 2.07. The van der Waals surface area contributed by atoms with Crippen LogP contribution in [0.5, 0.6) is 0 Å². The number of carbonyl (C=O) groups excluding carboxylic acids is 1. The zero-order valence-corrected chi connectivity index (χ0v) is 11.9. The van der Waals surface area contributed by atoms with E-state index in [1.54, 1.807) is 28.6 Å². The highest BCUT2D eigenvalue weighted by molar-refractivity contribution is 7.98. The smallest absolute Gasteiger partial charge is 0.168 e. The van der Waals surface area contributed by atoms with Crippen LogP contribution in [0, 0.1) is 0 Å². The summed E-state index contributed by atoms with van der Waals surface area (Å²) in [5.41, 5.74) is 1.62. The average Bonchev–Trinajstić information content (AvgIpc) is 2.72. The zero-order valence-electron chi connectivity index (χ0n) is 9.56. The van der Waals surface area contributed by atoms with Crippen LogP contribution in [0.1, 0.15) is 16.1 Å². The molecule has 0 atom stereocenters. The van der Waals surface area contributed by atoms with E-state index >= 15 is 0 Å². The van der Waals surface area contributed by atoms with Crippen molar-refractivity contribution in [3.8, 4) is 0 Å². The standard InChI is InChI=1S/C12H10Cl2N2OS/c1-16-9(6-17)5-15-12(16)18-7-8-2-3-10(13)11(14)4-8/h2-6H,7H2,1H3. The summed E-state index contributed by atoms with van der Waals surface area (Å²) < 4.78 is 1.76. The van der Waals surface area contributed by atoms with Crippen LogP contribution in [0.4, 0.5) is 0 Å². The minimum Gasteiger partial charge on any atom is -0.320 e. The van der Waals surface area contributed by atoms with Gasteiger partial charge in [-0.25, -0.2) is 4.98 Å². The van der Waals surface area contributed by atoms with E-state index in [0.717, 1.165) is 22.8 Å². The summed E-state index contributed by atoms with van der Waals surface area (Å²) >= 11 is 13.3. The third-order valence-corrected chi connectivity index (χ3v) is 4.31. The lowest BCUT2D eigenvalue weighted by atomic mass is 10.2. The molecule has 0 aliphatic heterocycles. The first kappa shape index (κ1) is 13.5. The Morgan fingerprint density at radius 1 is 1.39 bits per heavy atom. The van der Waals surface area contributed by atoms with Crippen LogP contribution in [0.15, 0.2) is 29.6 Å². The van der Waals surface area contributed by atoms with Crippen LogP contribution in [0.2, 0.25) is 10.0 Å². The van der Waals surface area contributed by atoms with Crippen LogP contribution < -0.4 is 0 Å². The lowest BCUT2D eigenvalue weighted by Gasteiger charge is -2.04. The van der Waals surface area contributed by atoms with Crippen LogP contribution in [0.3, 0.4) is 0 Å². The fourth-order valence-electron chi connectivity index (χ4n) is 1.43. The van der Waals surface area contributed by atoms with Gasteiger partial charge in [0.05, 0.1) is 16.2 Å². The molecular formula is C12H10Cl2N2OS. The van der Waals surface area contributed by atoms with Gasteiger partial charge in [-0.15, -0.1) is 0 Å². The molecule has 0 amide bonds. The average molecular weight is 301 g/mol. The lowest BCUT2D eigenvalue weighted by Crippen LogP contribution is -1.96. The summed E-state index contributed by atoms with van der Waals surface area (Å²) in [7, 11) is 1.81. The van der Waals surface area contributed by atoms with Crippen molar-refractivity contribution in [1.29, 1.82) is 0 Å². The van der Waals surface area contributed by atoms with Crippen LogP contribution >= 0.6 is 35.0 Å². The Morgan fingerprint density at radius 2 is 2.17 bits per heavy atom. The molecule has 1 aromatic heterocycles. The second-order valence-corrected chi connectivity index (χ2v) is 5.44. The Hall–Kier alpha value is -0.970. The molecule has 0 radical (unpaired) electrons. The molecule has 1 heterocycles. The van der Waals surface area contributed by atoms with Gasteiger partial charge in [-0.3, -0.25) is 4.79 Å². The summed E-state index contributed by atoms with van der Waals surface area (Å²) in [4.78, 5) is 14.9. The Balaban J connectivity index is 2.09. The van der Waals surface area contributed by atoms with E-state index in [2.05, 4.69) is 4.98 Å². The van der Waals surface area contributed by atoms with E-state index in [1.807, 2.05) is 19.2 Å². The summed E-state index contributed by atoms with van der Waals surface area (Å²) in [6.45, 7) is 0. The predicted octanol–water partition coefficient (Wildman–Crippen LogP) is 3.83. The molecule has 0 unspecified atom stereocenters. The molecule has 1 aromatic carbocycles. The second-order valence-electron chi connectivity index (χ2n) is 3.68. The molecule has 94 valence electrons. The van der Waals surface area contributed by atoms with E-state index in [1.165, 1.54) is 0 Å². The van der Waals surface area contributed by atoms with Crippen LogP contribution in [0.25, 0.3) is 0 Å². The number of imidazole rings is 1. The number of aldehydes is 1. The number of rotatable bonds is 4. The maximum atomic E-state index is 10.7. The van der Waals surface area contributed by atoms with Crippen molar-refractivity contribution in [2.24, 2.45) is 7.05 Å². The van der Waals surface area contributed by atoms with Gasteiger partial charge in [0.25, 0.3) is 0 Å². The molecule has 0 saturated heterocycles. The van der Waals surface area contributed by atoms with E-state index in [9.17, 15) is 4.79 Å². The van der Waals surface area contributed by atoms with Gasteiger partial charge in [-0.05, 0) is 17.7 Å². The molecule has 2 aromatic rings. The van der Waals surface area contributed by atoms with Crippen LogP contribution in [-0.2, 0) is 12.8 Å². The van der Waals surface area contributed by atoms with E-state index in [4.69, 9.17) is 23.2 Å². The number of halogens is 2. The van der Waals surface area contributed by atoms with E-state index < -0.39 is 0 Å². The molecule has 0 saturated carbocycles. The normalized spacial score (nSPS) is 10.6. The van der Waals surface area contributed by atoms with Gasteiger partial charge in [-0.1, -0.05) is 41.0 Å². The van der Waals surface area contributed by atoms with Crippen molar-refractivity contribution < 1.29 is 4.79 Å². The number of aromatic nitrogens is 2. The fraction of sp³-hybridized carbons (Fsp3) is 0.167. The van der Waals surface area contributed by atoms with Crippen molar-refractivity contribution in [3.63, 3.8) is 0 Å². The quantitative estimate of drug-likeness (QED) is 0.636. The molecule has 0 spiro atoms. The number of carbonyl (C=O) groups is 1. The molecule has 0 N–H and O–H groups in total. The fourth-order valence-corrected chi connectivity index (χ4v) is 2.65. The minimum atomic E-state index is 0.545. The van der Waals surface area contributed by atoms with Crippen molar-refractivity contribution in [3.05, 3.63) is 45.7 Å². The zero-order chi connectivity index (χ0) is 13.1. The Labute approximate surface area is 119 Å². The van der Waals surface area contributed by atoms with Crippen molar-refractivity contribution in [1.82, 2.24) is 9.55 Å². The van der Waals surface area contributed by atoms with Crippen LogP contribution in [-0.4, -0.2) is 15.8 Å². The maximum Gasteiger partial charge on any atom is 0.168 e. The number of hydrogen-bond donors (Lipinski definition) is 0. The third kappa shape index (κ3) is 2.88. The third-order valence-electron chi connectivity index (χ3n) is 2.45. The summed E-state index contributed by atoms with van der Waals surface area (Å²) in [5.74, 6) is 0.722. The molecule has 0 aliphatic carbocycles. The minimum absolute atomic E-state index is 0.545. The molecular weight excluding hydrogens is 291 g/mol. The summed E-state index contributed by atoms with van der Waals surface area (Å²) in [6, 6.07) is 5.53. The number of benzene rings is 1. The Bertz CT molecular complexity index is 583. The van der Waals surface area contributed by atoms with Gasteiger partial charge in [0.2, 0.25) is 0 Å². The van der Waals surface area contributed by atoms with E-state index in [0.29, 0.717) is 15.7 Å². The molecule has 0 aliphatic rings. The highest BCUT2D eigenvalue weighted by Crippen LogP contribution is 2.27. The predicted molar refractivity (Wildman–Crippen MR) is 74.6 cm³/mol. The SMILES string of the molecule is Cn1c(C=O)cnc1SCc1ccc(Cl)c(Cl)c1. The molecule has 18 heavy (non-hydrogen) atoms. The van der Waals surface area contributed by atoms with Gasteiger partial charge in [0.15, 0.2) is 11.4 Å². The summed E-state index contributed by atoms with van der Waals surface area (Å²) in [6.07, 6.45) is 2.35. The monoisotopic (exact) mass is 300 g/mol. The number of nitrogens with zero attached hydrogens (tertiary/aromatic N) is 2. The lowest BCUT2D eigenvalue weighted by molar-refractivity contribution is 0.111. The van der Waals surface area contributed by atoms with Crippen molar-refractivity contribution in [2.75, 3.05) is 0 Å². The van der Waals surface area contributed by atoms with Crippen molar-refractivity contribution in [2.45, 2.75) is 10.9 Å². The first-order chi connectivity index (χ1) is 8.61. The topological polar surface area (TPSA) is 34.9 Å². The maximum absolute atomic E-state index is 10.7. The number of hydrogen-bond acceptors (Lipinski definition) is 3. The first-order valence-electron chi connectivity index (χ1n) is 5.15. The molecule has 3 nitrogen and oxygen atoms in total. The van der Waals surface area contributed by atoms with Gasteiger partial charge in [0.1, 0.15) is 5.69 Å². The number of thioether (sulfide) groups is 1. The molecule has 0 fully saturated rings.